The highest BCUT2D eigenvalue weighted by atomic mass is 19.1. The maximum atomic E-state index is 14.2. The molecule has 0 bridgehead atoms. The summed E-state index contributed by atoms with van der Waals surface area (Å²) in [6.07, 6.45) is 5.89. The second-order valence-corrected chi connectivity index (χ2v) is 6.71. The third kappa shape index (κ3) is 3.04. The van der Waals surface area contributed by atoms with Gasteiger partial charge in [0.2, 0.25) is 5.82 Å². The highest BCUT2D eigenvalue weighted by molar-refractivity contribution is 5.94. The molecule has 7 nitrogen and oxygen atoms in total. The number of carbonyl (C=O) groups excluding carboxylic acids is 1. The average Bonchev–Trinajstić information content (AvgIpc) is 3.30. The molecule has 0 unspecified atom stereocenters. The van der Waals surface area contributed by atoms with E-state index < -0.39 is 5.82 Å². The molecule has 1 saturated heterocycles. The van der Waals surface area contributed by atoms with Crippen molar-refractivity contribution >= 4 is 5.91 Å². The fraction of sp³-hybridized carbons (Fsp3) is 0.556. The number of hydrogen-bond donors (Lipinski definition) is 0. The largest absolute Gasteiger partial charge is 0.470 e. The number of aromatic nitrogens is 3. The van der Waals surface area contributed by atoms with E-state index in [1.807, 2.05) is 6.92 Å². The summed E-state index contributed by atoms with van der Waals surface area (Å²) in [5.41, 5.74) is 1.69. The lowest BCUT2D eigenvalue weighted by atomic mass is 9.96. The van der Waals surface area contributed by atoms with Crippen molar-refractivity contribution in [3.05, 3.63) is 34.9 Å². The van der Waals surface area contributed by atoms with E-state index >= 15 is 0 Å². The van der Waals surface area contributed by atoms with Crippen LogP contribution in [0.1, 0.15) is 53.7 Å². The first-order chi connectivity index (χ1) is 12.7. The minimum Gasteiger partial charge on any atom is -0.470 e. The summed E-state index contributed by atoms with van der Waals surface area (Å²) in [6, 6.07) is 0. The number of ether oxygens (including phenoxy) is 1. The van der Waals surface area contributed by atoms with Gasteiger partial charge in [0.25, 0.3) is 11.8 Å². The summed E-state index contributed by atoms with van der Waals surface area (Å²) in [7, 11) is 0. The minimum atomic E-state index is -0.523. The molecule has 8 heteroatoms. The van der Waals surface area contributed by atoms with Crippen molar-refractivity contribution in [1.29, 1.82) is 0 Å². The SMILES string of the molecule is CCc1ncnc(O[C@@H]2CCN(C(=O)c3noc4c3CCCC4)C2)c1F. The molecule has 26 heavy (non-hydrogen) atoms. The number of likely N-dealkylation sites (tertiary alicyclic amines) is 1. The summed E-state index contributed by atoms with van der Waals surface area (Å²) in [4.78, 5) is 22.3. The van der Waals surface area contributed by atoms with E-state index in [1.165, 1.54) is 6.33 Å². The monoisotopic (exact) mass is 360 g/mol. The second kappa shape index (κ2) is 7.01. The van der Waals surface area contributed by atoms with Gasteiger partial charge in [-0.3, -0.25) is 4.79 Å². The lowest BCUT2D eigenvalue weighted by Crippen LogP contribution is -2.32. The van der Waals surface area contributed by atoms with Gasteiger partial charge in [0, 0.05) is 24.9 Å². The van der Waals surface area contributed by atoms with E-state index in [-0.39, 0.29) is 17.9 Å². The quantitative estimate of drug-likeness (QED) is 0.832. The number of aryl methyl sites for hydroxylation is 2. The van der Waals surface area contributed by atoms with Gasteiger partial charge >= 0.3 is 0 Å². The summed E-state index contributed by atoms with van der Waals surface area (Å²) in [6.45, 7) is 2.74. The Morgan fingerprint density at radius 3 is 3.08 bits per heavy atom. The molecular formula is C18H21FN4O3. The van der Waals surface area contributed by atoms with Gasteiger partial charge in [-0.15, -0.1) is 0 Å². The molecule has 2 aliphatic rings. The molecule has 0 N–H and O–H groups in total. The van der Waals surface area contributed by atoms with Crippen LogP contribution >= 0.6 is 0 Å². The average molecular weight is 360 g/mol. The van der Waals surface area contributed by atoms with Crippen molar-refractivity contribution in [3.8, 4) is 5.88 Å². The van der Waals surface area contributed by atoms with Crippen LogP contribution in [0, 0.1) is 5.82 Å². The molecule has 2 aromatic rings. The van der Waals surface area contributed by atoms with Gasteiger partial charge in [-0.2, -0.15) is 9.37 Å². The summed E-state index contributed by atoms with van der Waals surface area (Å²) in [5.74, 6) is 0.127. The molecule has 1 aliphatic heterocycles. The van der Waals surface area contributed by atoms with Gasteiger partial charge < -0.3 is 14.2 Å². The van der Waals surface area contributed by atoms with E-state index in [1.54, 1.807) is 4.90 Å². The first-order valence-electron chi connectivity index (χ1n) is 9.10. The van der Waals surface area contributed by atoms with Crippen molar-refractivity contribution in [3.63, 3.8) is 0 Å². The number of hydrogen-bond acceptors (Lipinski definition) is 6. The fourth-order valence-corrected chi connectivity index (χ4v) is 3.59. The predicted octanol–water partition coefficient (Wildman–Crippen LogP) is 2.34. The van der Waals surface area contributed by atoms with Gasteiger partial charge in [-0.25, -0.2) is 4.98 Å². The van der Waals surface area contributed by atoms with Crippen molar-refractivity contribution in [1.82, 2.24) is 20.0 Å². The maximum Gasteiger partial charge on any atom is 0.276 e. The van der Waals surface area contributed by atoms with Crippen LogP contribution in [0.2, 0.25) is 0 Å². The van der Waals surface area contributed by atoms with Crippen LogP contribution in [0.5, 0.6) is 5.88 Å². The molecule has 2 aromatic heterocycles. The van der Waals surface area contributed by atoms with Gasteiger partial charge in [0.05, 0.1) is 12.2 Å². The highest BCUT2D eigenvalue weighted by Crippen LogP contribution is 2.27. The lowest BCUT2D eigenvalue weighted by molar-refractivity contribution is 0.0758. The van der Waals surface area contributed by atoms with Crippen molar-refractivity contribution in [2.45, 2.75) is 51.6 Å². The van der Waals surface area contributed by atoms with Crippen LogP contribution in [-0.4, -0.2) is 45.1 Å². The summed E-state index contributed by atoms with van der Waals surface area (Å²) in [5, 5.41) is 4.00. The van der Waals surface area contributed by atoms with Crippen molar-refractivity contribution in [2.24, 2.45) is 0 Å². The normalized spacial score (nSPS) is 19.5. The number of nitrogens with zero attached hydrogens (tertiary/aromatic N) is 4. The topological polar surface area (TPSA) is 81.4 Å². The molecule has 1 fully saturated rings. The molecule has 3 heterocycles. The number of halogens is 1. The third-order valence-corrected chi connectivity index (χ3v) is 5.03. The van der Waals surface area contributed by atoms with Gasteiger partial charge in [0.1, 0.15) is 18.2 Å². The van der Waals surface area contributed by atoms with Gasteiger partial charge in [0.15, 0.2) is 5.69 Å². The van der Waals surface area contributed by atoms with Crippen LogP contribution in [0.4, 0.5) is 4.39 Å². The number of fused-ring (bicyclic) bond motifs is 1. The molecule has 1 amide bonds. The van der Waals surface area contributed by atoms with Crippen LogP contribution in [0.3, 0.4) is 0 Å². The standard InChI is InChI=1S/C18H21FN4O3/c1-2-13-15(19)17(21-10-20-13)25-11-7-8-23(9-11)18(24)16-12-5-3-4-6-14(12)26-22-16/h10-11H,2-9H2,1H3/t11-/m1/s1. The van der Waals surface area contributed by atoms with Crippen molar-refractivity contribution in [2.75, 3.05) is 13.1 Å². The number of rotatable bonds is 4. The van der Waals surface area contributed by atoms with Crippen molar-refractivity contribution < 1.29 is 18.4 Å². The van der Waals surface area contributed by atoms with Gasteiger partial charge in [-0.1, -0.05) is 12.1 Å². The molecule has 4 rings (SSSR count). The minimum absolute atomic E-state index is 0.0463. The second-order valence-electron chi connectivity index (χ2n) is 6.71. The lowest BCUT2D eigenvalue weighted by Gasteiger charge is -2.17. The molecule has 1 aliphatic carbocycles. The predicted molar refractivity (Wildman–Crippen MR) is 89.4 cm³/mol. The Hall–Kier alpha value is -2.51. The zero-order chi connectivity index (χ0) is 18.1. The summed E-state index contributed by atoms with van der Waals surface area (Å²) < 4.78 is 25.3. The molecular weight excluding hydrogens is 339 g/mol. The Labute approximate surface area is 150 Å². The first kappa shape index (κ1) is 16.9. The Morgan fingerprint density at radius 2 is 2.23 bits per heavy atom. The molecule has 0 radical (unpaired) electrons. The Kier molecular flexibility index (Phi) is 4.57. The zero-order valence-corrected chi connectivity index (χ0v) is 14.7. The van der Waals surface area contributed by atoms with E-state index in [0.717, 1.165) is 37.0 Å². The van der Waals surface area contributed by atoms with Crippen LogP contribution in [0.25, 0.3) is 0 Å². The summed E-state index contributed by atoms with van der Waals surface area (Å²) >= 11 is 0. The molecule has 138 valence electrons. The first-order valence-corrected chi connectivity index (χ1v) is 9.10. The Morgan fingerprint density at radius 1 is 1.38 bits per heavy atom. The zero-order valence-electron chi connectivity index (χ0n) is 14.7. The van der Waals surface area contributed by atoms with E-state index in [0.29, 0.717) is 37.3 Å². The fourth-order valence-electron chi connectivity index (χ4n) is 3.59. The molecule has 0 saturated carbocycles. The van der Waals surface area contributed by atoms with E-state index in [9.17, 15) is 9.18 Å². The number of carbonyl (C=O) groups is 1. The van der Waals surface area contributed by atoms with Gasteiger partial charge in [-0.05, 0) is 25.7 Å². The van der Waals surface area contributed by atoms with Crippen LogP contribution in [-0.2, 0) is 19.3 Å². The highest BCUT2D eigenvalue weighted by Gasteiger charge is 2.33. The molecule has 1 atom stereocenters. The van der Waals surface area contributed by atoms with Crippen LogP contribution < -0.4 is 4.74 Å². The molecule has 0 spiro atoms. The smallest absolute Gasteiger partial charge is 0.276 e. The van der Waals surface area contributed by atoms with Crippen LogP contribution in [0.15, 0.2) is 10.9 Å². The maximum absolute atomic E-state index is 14.2. The number of amides is 1. The Balaban J connectivity index is 1.44. The Bertz CT molecular complexity index is 823. The van der Waals surface area contributed by atoms with E-state index in [2.05, 4.69) is 15.1 Å². The third-order valence-electron chi connectivity index (χ3n) is 5.03. The van der Waals surface area contributed by atoms with E-state index in [4.69, 9.17) is 9.26 Å². The molecule has 0 aromatic carbocycles.